The highest BCUT2D eigenvalue weighted by Gasteiger charge is 2.25. The Balaban J connectivity index is 3.32. The smallest absolute Gasteiger partial charge is 0.244 e. The lowest BCUT2D eigenvalue weighted by Crippen LogP contribution is -2.32. The molecule has 0 fully saturated rings. The minimum Gasteiger partial charge on any atom is -0.399 e. The van der Waals surface area contributed by atoms with Gasteiger partial charge in [0, 0.05) is 12.2 Å². The van der Waals surface area contributed by atoms with E-state index in [1.54, 1.807) is 12.1 Å². The second kappa shape index (κ2) is 6.60. The lowest BCUT2D eigenvalue weighted by Gasteiger charge is -2.21. The third kappa shape index (κ3) is 3.49. The van der Waals surface area contributed by atoms with Gasteiger partial charge in [0.2, 0.25) is 10.0 Å². The minimum atomic E-state index is -3.58. The molecule has 0 aliphatic carbocycles. The van der Waals surface area contributed by atoms with Crippen LogP contribution in [0.25, 0.3) is 0 Å². The van der Waals surface area contributed by atoms with Crippen molar-refractivity contribution in [2.24, 2.45) is 0 Å². The molecule has 0 radical (unpaired) electrons. The van der Waals surface area contributed by atoms with Crippen LogP contribution in [-0.4, -0.2) is 25.8 Å². The molecule has 0 atom stereocenters. The maximum atomic E-state index is 12.6. The number of aryl methyl sites for hydroxylation is 1. The highest BCUT2D eigenvalue weighted by Crippen LogP contribution is 2.23. The van der Waals surface area contributed by atoms with Crippen LogP contribution in [0.1, 0.15) is 25.8 Å². The first-order chi connectivity index (χ1) is 8.97. The molecule has 0 saturated heterocycles. The van der Waals surface area contributed by atoms with E-state index in [0.29, 0.717) is 25.1 Å². The predicted molar refractivity (Wildman–Crippen MR) is 78.1 cm³/mol. The Morgan fingerprint density at radius 3 is 2.58 bits per heavy atom. The largest absolute Gasteiger partial charge is 0.399 e. The van der Waals surface area contributed by atoms with Crippen molar-refractivity contribution >= 4 is 15.7 Å². The van der Waals surface area contributed by atoms with Gasteiger partial charge in [0.15, 0.2) is 0 Å². The number of nitrogen functional groups attached to an aromatic ring is 1. The SMILES string of the molecule is C#CCN(CCC)S(=O)(=O)c1cc(N)ccc1CC. The summed E-state index contributed by atoms with van der Waals surface area (Å²) in [4.78, 5) is 0.263. The summed E-state index contributed by atoms with van der Waals surface area (Å²) < 4.78 is 26.6. The molecule has 0 spiro atoms. The third-order valence-electron chi connectivity index (χ3n) is 2.83. The zero-order valence-corrected chi connectivity index (χ0v) is 12.2. The van der Waals surface area contributed by atoms with E-state index in [2.05, 4.69) is 5.92 Å². The predicted octanol–water partition coefficient (Wildman–Crippen LogP) is 1.87. The van der Waals surface area contributed by atoms with Crippen LogP contribution >= 0.6 is 0 Å². The molecule has 1 rings (SSSR count). The van der Waals surface area contributed by atoms with Gasteiger partial charge in [-0.25, -0.2) is 8.42 Å². The second-order valence-corrected chi connectivity index (χ2v) is 6.17. The van der Waals surface area contributed by atoms with Gasteiger partial charge in [0.1, 0.15) is 0 Å². The van der Waals surface area contributed by atoms with Crippen molar-refractivity contribution in [1.82, 2.24) is 4.31 Å². The number of benzene rings is 1. The molecule has 0 heterocycles. The molecule has 1 aromatic carbocycles. The van der Waals surface area contributed by atoms with E-state index in [1.165, 1.54) is 10.4 Å². The van der Waals surface area contributed by atoms with E-state index < -0.39 is 10.0 Å². The van der Waals surface area contributed by atoms with E-state index in [0.717, 1.165) is 5.56 Å². The minimum absolute atomic E-state index is 0.0775. The van der Waals surface area contributed by atoms with E-state index in [4.69, 9.17) is 12.2 Å². The van der Waals surface area contributed by atoms with Gasteiger partial charge in [-0.2, -0.15) is 4.31 Å². The molecule has 0 aliphatic heterocycles. The molecule has 19 heavy (non-hydrogen) atoms. The van der Waals surface area contributed by atoms with Gasteiger partial charge < -0.3 is 5.73 Å². The fourth-order valence-electron chi connectivity index (χ4n) is 1.88. The molecule has 4 nitrogen and oxygen atoms in total. The van der Waals surface area contributed by atoms with Gasteiger partial charge in [-0.15, -0.1) is 6.42 Å². The standard InChI is InChI=1S/C14H20N2O2S/c1-4-9-16(10-5-2)19(17,18)14-11-13(15)8-7-12(14)6-3/h1,7-8,11H,5-6,9-10,15H2,2-3H3. The van der Waals surface area contributed by atoms with E-state index in [1.807, 2.05) is 13.8 Å². The van der Waals surface area contributed by atoms with Crippen LogP contribution in [0.3, 0.4) is 0 Å². The van der Waals surface area contributed by atoms with Crippen molar-refractivity contribution in [1.29, 1.82) is 0 Å². The van der Waals surface area contributed by atoms with E-state index >= 15 is 0 Å². The molecule has 1 aromatic rings. The van der Waals surface area contributed by atoms with Crippen LogP contribution < -0.4 is 5.73 Å². The molecule has 0 saturated carbocycles. The van der Waals surface area contributed by atoms with E-state index in [-0.39, 0.29) is 11.4 Å². The Hall–Kier alpha value is -1.51. The van der Waals surface area contributed by atoms with Gasteiger partial charge in [-0.3, -0.25) is 0 Å². The Morgan fingerprint density at radius 2 is 2.05 bits per heavy atom. The summed E-state index contributed by atoms with van der Waals surface area (Å²) in [5.41, 5.74) is 6.90. The average molecular weight is 280 g/mol. The molecular weight excluding hydrogens is 260 g/mol. The number of nitrogens with two attached hydrogens (primary N) is 1. The Morgan fingerprint density at radius 1 is 1.37 bits per heavy atom. The summed E-state index contributed by atoms with van der Waals surface area (Å²) in [6, 6.07) is 4.97. The first-order valence-electron chi connectivity index (χ1n) is 6.29. The van der Waals surface area contributed by atoms with Crippen molar-refractivity contribution in [3.8, 4) is 12.3 Å². The number of hydrogen-bond donors (Lipinski definition) is 1. The summed E-state index contributed by atoms with van der Waals surface area (Å²) >= 11 is 0. The number of nitrogens with zero attached hydrogens (tertiary/aromatic N) is 1. The molecule has 0 amide bonds. The van der Waals surface area contributed by atoms with Gasteiger partial charge in [0.05, 0.1) is 11.4 Å². The fourth-order valence-corrected chi connectivity index (χ4v) is 3.65. The number of sulfonamides is 1. The zero-order valence-electron chi connectivity index (χ0n) is 11.4. The van der Waals surface area contributed by atoms with Crippen LogP contribution in [0, 0.1) is 12.3 Å². The molecule has 0 bridgehead atoms. The molecule has 104 valence electrons. The van der Waals surface area contributed by atoms with Crippen molar-refractivity contribution in [2.45, 2.75) is 31.6 Å². The zero-order chi connectivity index (χ0) is 14.5. The van der Waals surface area contributed by atoms with E-state index in [9.17, 15) is 8.42 Å². The molecule has 0 aliphatic rings. The molecule has 5 heteroatoms. The maximum Gasteiger partial charge on any atom is 0.244 e. The summed E-state index contributed by atoms with van der Waals surface area (Å²) in [7, 11) is -3.58. The fraction of sp³-hybridized carbons (Fsp3) is 0.429. The van der Waals surface area contributed by atoms with Crippen LogP contribution in [-0.2, 0) is 16.4 Å². The van der Waals surface area contributed by atoms with Crippen molar-refractivity contribution in [2.75, 3.05) is 18.8 Å². The van der Waals surface area contributed by atoms with Gasteiger partial charge in [0.25, 0.3) is 0 Å². The maximum absolute atomic E-state index is 12.6. The normalized spacial score (nSPS) is 11.5. The highest BCUT2D eigenvalue weighted by molar-refractivity contribution is 7.89. The van der Waals surface area contributed by atoms with Crippen molar-refractivity contribution in [3.63, 3.8) is 0 Å². The first-order valence-corrected chi connectivity index (χ1v) is 7.73. The van der Waals surface area contributed by atoms with Crippen molar-refractivity contribution < 1.29 is 8.42 Å². The van der Waals surface area contributed by atoms with Gasteiger partial charge >= 0.3 is 0 Å². The van der Waals surface area contributed by atoms with Crippen molar-refractivity contribution in [3.05, 3.63) is 23.8 Å². The monoisotopic (exact) mass is 280 g/mol. The highest BCUT2D eigenvalue weighted by atomic mass is 32.2. The van der Waals surface area contributed by atoms with Gasteiger partial charge in [-0.1, -0.05) is 25.8 Å². The Bertz CT molecular complexity index is 574. The number of terminal acetylenes is 1. The number of hydrogen-bond acceptors (Lipinski definition) is 3. The molecular formula is C14H20N2O2S. The third-order valence-corrected chi connectivity index (χ3v) is 4.76. The number of rotatable bonds is 6. The van der Waals surface area contributed by atoms with Crippen LogP contribution in [0.2, 0.25) is 0 Å². The Labute approximate surface area is 115 Å². The van der Waals surface area contributed by atoms with Gasteiger partial charge in [-0.05, 0) is 30.5 Å². The first kappa shape index (κ1) is 15.5. The second-order valence-electron chi connectivity index (χ2n) is 4.26. The molecule has 0 aromatic heterocycles. The molecule has 0 unspecified atom stereocenters. The van der Waals surface area contributed by atoms with Crippen LogP contribution in [0.15, 0.2) is 23.1 Å². The van der Waals surface area contributed by atoms with Crippen LogP contribution in [0.5, 0.6) is 0 Å². The average Bonchev–Trinajstić information content (AvgIpc) is 2.38. The number of anilines is 1. The summed E-state index contributed by atoms with van der Waals surface area (Å²) in [5, 5.41) is 0. The summed E-state index contributed by atoms with van der Waals surface area (Å²) in [6.07, 6.45) is 6.60. The Kier molecular flexibility index (Phi) is 5.40. The van der Waals surface area contributed by atoms with Crippen LogP contribution in [0.4, 0.5) is 5.69 Å². The summed E-state index contributed by atoms with van der Waals surface area (Å²) in [6.45, 7) is 4.31. The topological polar surface area (TPSA) is 63.4 Å². The lowest BCUT2D eigenvalue weighted by atomic mass is 10.1. The molecule has 2 N–H and O–H groups in total. The quantitative estimate of drug-likeness (QED) is 0.639. The lowest BCUT2D eigenvalue weighted by molar-refractivity contribution is 0.445. The summed E-state index contributed by atoms with van der Waals surface area (Å²) in [5.74, 6) is 2.40.